The summed E-state index contributed by atoms with van der Waals surface area (Å²) in [6.45, 7) is 3.04. The van der Waals surface area contributed by atoms with Crippen LogP contribution in [0, 0.1) is 0 Å². The Morgan fingerprint density at radius 2 is 1.78 bits per heavy atom. The Bertz CT molecular complexity index is 1200. The van der Waals surface area contributed by atoms with Gasteiger partial charge in [0.15, 0.2) is 5.11 Å². The van der Waals surface area contributed by atoms with Crippen molar-refractivity contribution in [3.63, 3.8) is 0 Å². The number of hydrogen-bond donors (Lipinski definition) is 3. The quantitative estimate of drug-likeness (QED) is 0.184. The first-order chi connectivity index (χ1) is 17.7. The van der Waals surface area contributed by atoms with Crippen LogP contribution in [0.1, 0.15) is 18.1 Å². The van der Waals surface area contributed by atoms with E-state index < -0.39 is 10.0 Å². The third-order valence-corrected chi connectivity index (χ3v) is 6.72. The lowest BCUT2D eigenvalue weighted by Crippen LogP contribution is -2.39. The first-order valence-corrected chi connectivity index (χ1v) is 13.4. The molecular weight excluding hydrogens is 518 g/mol. The van der Waals surface area contributed by atoms with E-state index in [0.717, 1.165) is 5.56 Å². The zero-order valence-electron chi connectivity index (χ0n) is 21.3. The molecule has 2 rings (SSSR count). The molecule has 10 nitrogen and oxygen atoms in total. The maximum absolute atomic E-state index is 13.0. The van der Waals surface area contributed by atoms with Crippen LogP contribution in [0.3, 0.4) is 0 Å². The molecule has 12 heteroatoms. The van der Waals surface area contributed by atoms with Crippen molar-refractivity contribution in [2.45, 2.75) is 18.2 Å². The lowest BCUT2D eigenvalue weighted by Gasteiger charge is -2.15. The van der Waals surface area contributed by atoms with Gasteiger partial charge in [0.2, 0.25) is 5.91 Å². The van der Waals surface area contributed by atoms with Crippen molar-refractivity contribution in [1.82, 2.24) is 15.4 Å². The van der Waals surface area contributed by atoms with Crippen LogP contribution in [0.25, 0.3) is 6.08 Å². The Balaban J connectivity index is 2.08. The van der Waals surface area contributed by atoms with Gasteiger partial charge in [-0.15, -0.1) is 0 Å². The fourth-order valence-electron chi connectivity index (χ4n) is 3.16. The summed E-state index contributed by atoms with van der Waals surface area (Å²) in [7, 11) is 0.624. The SMILES string of the molecule is CCNC(=S)NS(=O)(=O)c1cc(CCNC(=O)/C=C/c2ccc(OC)cc2OC)ccc1OCCOC. The third-order valence-electron chi connectivity index (χ3n) is 4.97. The van der Waals surface area contributed by atoms with E-state index in [1.165, 1.54) is 26.4 Å². The van der Waals surface area contributed by atoms with Crippen LogP contribution in [0.4, 0.5) is 0 Å². The number of ether oxygens (including phenoxy) is 4. The molecule has 0 aliphatic rings. The average Bonchev–Trinajstić information content (AvgIpc) is 2.87. The molecule has 3 N–H and O–H groups in total. The summed E-state index contributed by atoms with van der Waals surface area (Å²) < 4.78 is 49.4. The number of methoxy groups -OCH3 is 3. The largest absolute Gasteiger partial charge is 0.497 e. The highest BCUT2D eigenvalue weighted by Gasteiger charge is 2.22. The van der Waals surface area contributed by atoms with E-state index in [1.807, 2.05) is 0 Å². The highest BCUT2D eigenvalue weighted by Crippen LogP contribution is 2.26. The highest BCUT2D eigenvalue weighted by atomic mass is 32.2. The topological polar surface area (TPSA) is 124 Å². The Kier molecular flexibility index (Phi) is 12.1. The second-order valence-corrected chi connectivity index (χ2v) is 9.63. The van der Waals surface area contributed by atoms with E-state index in [-0.39, 0.29) is 34.8 Å². The van der Waals surface area contributed by atoms with Crippen molar-refractivity contribution in [3.8, 4) is 17.2 Å². The maximum atomic E-state index is 13.0. The summed E-state index contributed by atoms with van der Waals surface area (Å²) in [6.07, 6.45) is 3.44. The van der Waals surface area contributed by atoms with Gasteiger partial charge in [0.1, 0.15) is 28.8 Å². The van der Waals surface area contributed by atoms with E-state index >= 15 is 0 Å². The van der Waals surface area contributed by atoms with Crippen LogP contribution < -0.4 is 29.6 Å². The van der Waals surface area contributed by atoms with Gasteiger partial charge in [-0.2, -0.15) is 0 Å². The molecule has 0 bridgehead atoms. The van der Waals surface area contributed by atoms with Crippen LogP contribution >= 0.6 is 12.2 Å². The van der Waals surface area contributed by atoms with E-state index in [2.05, 4.69) is 15.4 Å². The number of carbonyl (C=O) groups excluding carboxylic acids is 1. The normalized spacial score (nSPS) is 11.1. The zero-order valence-corrected chi connectivity index (χ0v) is 23.0. The molecule has 2 aromatic rings. The Hall–Kier alpha value is -3.35. The number of carbonyl (C=O) groups is 1. The van der Waals surface area contributed by atoms with Crippen LogP contribution in [-0.2, 0) is 26.0 Å². The van der Waals surface area contributed by atoms with Gasteiger partial charge in [0.25, 0.3) is 10.0 Å². The minimum atomic E-state index is -4.00. The molecule has 0 heterocycles. The zero-order chi connectivity index (χ0) is 27.3. The molecule has 0 fully saturated rings. The number of benzene rings is 2. The molecule has 0 unspecified atom stereocenters. The van der Waals surface area contributed by atoms with Gasteiger partial charge >= 0.3 is 0 Å². The van der Waals surface area contributed by atoms with E-state index in [0.29, 0.717) is 36.6 Å². The molecule has 0 aromatic heterocycles. The van der Waals surface area contributed by atoms with Gasteiger partial charge < -0.3 is 29.6 Å². The first kappa shape index (κ1) is 29.9. The number of amides is 1. The highest BCUT2D eigenvalue weighted by molar-refractivity contribution is 7.92. The van der Waals surface area contributed by atoms with Gasteiger partial charge in [-0.25, -0.2) is 8.42 Å². The van der Waals surface area contributed by atoms with Crippen molar-refractivity contribution in [1.29, 1.82) is 0 Å². The minimum absolute atomic E-state index is 0.0108. The number of hydrogen-bond acceptors (Lipinski definition) is 8. The van der Waals surface area contributed by atoms with Crippen LogP contribution in [0.2, 0.25) is 0 Å². The predicted molar refractivity (Wildman–Crippen MR) is 146 cm³/mol. The van der Waals surface area contributed by atoms with Crippen LogP contribution in [0.15, 0.2) is 47.4 Å². The van der Waals surface area contributed by atoms with Gasteiger partial charge in [-0.1, -0.05) is 6.07 Å². The van der Waals surface area contributed by atoms with Crippen molar-refractivity contribution in [2.24, 2.45) is 0 Å². The van der Waals surface area contributed by atoms with Crippen molar-refractivity contribution < 1.29 is 32.2 Å². The van der Waals surface area contributed by atoms with Crippen LogP contribution in [0.5, 0.6) is 17.2 Å². The summed E-state index contributed by atoms with van der Waals surface area (Å²) in [4.78, 5) is 12.3. The predicted octanol–water partition coefficient (Wildman–Crippen LogP) is 2.27. The fourth-order valence-corrected chi connectivity index (χ4v) is 4.75. The Morgan fingerprint density at radius 1 is 1.00 bits per heavy atom. The molecular formula is C25H33N3O7S2. The van der Waals surface area contributed by atoms with E-state index in [4.69, 9.17) is 31.2 Å². The van der Waals surface area contributed by atoms with E-state index in [9.17, 15) is 13.2 Å². The molecule has 0 atom stereocenters. The van der Waals surface area contributed by atoms with Gasteiger partial charge in [-0.05, 0) is 61.5 Å². The fraction of sp³-hybridized carbons (Fsp3) is 0.360. The Morgan fingerprint density at radius 3 is 2.46 bits per heavy atom. The molecule has 0 saturated carbocycles. The standard InChI is InChI=1S/C25H33N3O7S2/c1-5-26-25(36)28-37(30,31)23-16-18(6-10-21(23)35-15-14-32-2)12-13-27-24(29)11-8-19-7-9-20(33-3)17-22(19)34-4/h6-11,16-17H,5,12-15H2,1-4H3,(H,27,29)(H2,26,28,36)/b11-8+. The lowest BCUT2D eigenvalue weighted by atomic mass is 10.1. The van der Waals surface area contributed by atoms with E-state index in [1.54, 1.807) is 50.4 Å². The average molecular weight is 552 g/mol. The van der Waals surface area contributed by atoms with Crippen LogP contribution in [-0.4, -0.2) is 67.1 Å². The molecule has 0 radical (unpaired) electrons. The summed E-state index contributed by atoms with van der Waals surface area (Å²) in [5.41, 5.74) is 1.41. The number of rotatable bonds is 14. The summed E-state index contributed by atoms with van der Waals surface area (Å²) in [5, 5.41) is 5.53. The second kappa shape index (κ2) is 15.0. The number of thiocarbonyl (C=S) groups is 1. The lowest BCUT2D eigenvalue weighted by molar-refractivity contribution is -0.116. The molecule has 37 heavy (non-hydrogen) atoms. The minimum Gasteiger partial charge on any atom is -0.497 e. The van der Waals surface area contributed by atoms with Crippen molar-refractivity contribution >= 4 is 39.3 Å². The molecule has 0 saturated heterocycles. The smallest absolute Gasteiger partial charge is 0.267 e. The molecule has 2 aromatic carbocycles. The van der Waals surface area contributed by atoms with Crippen molar-refractivity contribution in [2.75, 3.05) is 47.6 Å². The summed E-state index contributed by atoms with van der Waals surface area (Å²) in [5.74, 6) is 1.09. The summed E-state index contributed by atoms with van der Waals surface area (Å²) in [6, 6.07) is 10.1. The number of nitrogens with one attached hydrogen (secondary N) is 3. The van der Waals surface area contributed by atoms with Gasteiger partial charge in [0, 0.05) is 37.9 Å². The van der Waals surface area contributed by atoms with Gasteiger partial charge in [0.05, 0.1) is 20.8 Å². The first-order valence-electron chi connectivity index (χ1n) is 11.5. The molecule has 0 aliphatic heterocycles. The third kappa shape index (κ3) is 9.56. The molecule has 1 amide bonds. The second-order valence-electron chi connectivity index (χ2n) is 7.57. The van der Waals surface area contributed by atoms with Gasteiger partial charge in [-0.3, -0.25) is 9.52 Å². The molecule has 202 valence electrons. The number of sulfonamides is 1. The summed E-state index contributed by atoms with van der Waals surface area (Å²) >= 11 is 5.04. The monoisotopic (exact) mass is 551 g/mol. The molecule has 0 spiro atoms. The van der Waals surface area contributed by atoms with Crippen molar-refractivity contribution in [3.05, 3.63) is 53.6 Å². The Labute approximate surface area is 223 Å². The molecule has 0 aliphatic carbocycles. The maximum Gasteiger partial charge on any atom is 0.267 e.